The molecule has 11 atom stereocenters. The van der Waals surface area contributed by atoms with Crippen LogP contribution in [0.5, 0.6) is 0 Å². The molecule has 4 aliphatic heterocycles. The second-order valence-corrected chi connectivity index (χ2v) is 30.0. The molecule has 2 unspecified atom stereocenters. The first-order chi connectivity index (χ1) is 46.1. The zero-order chi connectivity index (χ0) is 71.3. The Morgan fingerprint density at radius 2 is 1.49 bits per heavy atom. The van der Waals surface area contributed by atoms with Gasteiger partial charge in [0.25, 0.3) is 25.8 Å². The molecule has 2 aromatic carbocycles. The normalized spacial score (nSPS) is 24.9. The first-order valence-electron chi connectivity index (χ1n) is 30.9. The van der Waals surface area contributed by atoms with E-state index in [4.69, 9.17) is 38.5 Å². The van der Waals surface area contributed by atoms with Crippen molar-refractivity contribution in [2.45, 2.75) is 143 Å². The molecule has 2 saturated heterocycles. The van der Waals surface area contributed by atoms with Gasteiger partial charge < -0.3 is 75.0 Å². The van der Waals surface area contributed by atoms with Crippen LogP contribution in [0.3, 0.4) is 0 Å². The summed E-state index contributed by atoms with van der Waals surface area (Å²) in [6, 6.07) is 9.15. The van der Waals surface area contributed by atoms with Crippen LogP contribution in [0.4, 0.5) is 17.3 Å². The number of aromatic nitrogens is 7. The number of anilines is 2. The number of allylic oxidation sites excluding steroid dienone is 6. The van der Waals surface area contributed by atoms with Crippen molar-refractivity contribution in [3.63, 3.8) is 0 Å². The van der Waals surface area contributed by atoms with Crippen molar-refractivity contribution in [1.82, 2.24) is 39.8 Å². The predicted octanol–water partition coefficient (Wildman–Crippen LogP) is 1.45. The minimum Gasteiger partial charge on any atom is -0.387 e. The minimum absolute atomic E-state index is 0.0946. The summed E-state index contributed by atoms with van der Waals surface area (Å²) < 4.78 is 140. The van der Waals surface area contributed by atoms with E-state index in [0.717, 1.165) is 44.8 Å². The van der Waals surface area contributed by atoms with Gasteiger partial charge in [0.2, 0.25) is 17.5 Å². The number of aliphatic hydroxyl groups is 5. The summed E-state index contributed by atoms with van der Waals surface area (Å²) in [5.74, 6) is -0.443. The van der Waals surface area contributed by atoms with Crippen molar-refractivity contribution in [1.29, 1.82) is 0 Å². The van der Waals surface area contributed by atoms with E-state index in [1.54, 1.807) is 12.1 Å². The summed E-state index contributed by atoms with van der Waals surface area (Å²) in [4.78, 5) is 57.5. The smallest absolute Gasteiger partial charge is 0.387 e. The van der Waals surface area contributed by atoms with E-state index in [1.165, 1.54) is 35.1 Å². The van der Waals surface area contributed by atoms with Gasteiger partial charge in [-0.3, -0.25) is 37.3 Å². The molecule has 98 heavy (non-hydrogen) atoms. The summed E-state index contributed by atoms with van der Waals surface area (Å²) >= 11 is 0. The molecular formula is C58H80N11O25P2S2+. The highest BCUT2D eigenvalue weighted by Gasteiger charge is 2.52. The van der Waals surface area contributed by atoms with Gasteiger partial charge in [-0.1, -0.05) is 37.3 Å². The number of amides is 1. The molecular weight excluding hydrogens is 1380 g/mol. The van der Waals surface area contributed by atoms with E-state index in [0.29, 0.717) is 32.4 Å². The first kappa shape index (κ1) is 75.8. The molecule has 13 N–H and O–H groups in total. The van der Waals surface area contributed by atoms with Crippen molar-refractivity contribution in [2.24, 2.45) is 0 Å². The molecule has 0 saturated carbocycles. The molecule has 0 aliphatic carbocycles. The molecule has 7 heterocycles. The number of nitrogens with one attached hydrogen (secondary N) is 2. The number of rotatable bonds is 33. The Hall–Kier alpha value is -6.43. The summed E-state index contributed by atoms with van der Waals surface area (Å²) in [7, 11) is -20.3. The van der Waals surface area contributed by atoms with Gasteiger partial charge in [-0.05, 0) is 75.6 Å². The maximum Gasteiger partial charge on any atom is 0.483 e. The second kappa shape index (κ2) is 31.2. The Balaban J connectivity index is 0.644. The lowest BCUT2D eigenvalue weighted by atomic mass is 9.81. The average Bonchev–Trinajstić information content (AvgIpc) is 1.59. The van der Waals surface area contributed by atoms with Crippen molar-refractivity contribution in [3.8, 4) is 0 Å². The number of phosphoric ester groups is 2. The van der Waals surface area contributed by atoms with Gasteiger partial charge in [-0.2, -0.15) is 30.7 Å². The Kier molecular flexibility index (Phi) is 24.1. The fourth-order valence-electron chi connectivity index (χ4n) is 11.8. The van der Waals surface area contributed by atoms with Crippen LogP contribution >= 0.6 is 15.6 Å². The molecule has 36 nitrogen and oxygen atoms in total. The number of carbonyl (C=O) groups excluding carboxylic acids is 1. The molecule has 5 aromatic rings. The standard InChI is InChI=1S/C58H79N11O25P2S2/c1-6-67-39-18-16-34(97(81,82)83)29-36(39)57(2,3)42(67)13-9-7-10-14-43-58(4,5)37-30-35(98(84,85)86)17-19-40(37)68(43)21-12-8-11-15-44(70)60-20-23-87-25-27-89-28-26-88-24-22-66-31-38(64-65-66)51-48(73)47(72)50(75)55(92-51)93-96(79,80)94-95(77,78)90-32-41-46(71)49(74)54(91-41)69-33-61-45-52(69)62-56(59)63-53(45)76/h7,9-10,13-14,16-19,29-31,33,41,46-51,54-55,71-75H,6,8,11-12,15,20-28,32H2,1-5H3,(H7-,59,60,62,63,70,76,77,78,79,80,81,82,83,84,85,86)/p+1/t41-,46-,47-,48+,49-,50+,51+,54-,55-/m1/s1. The maximum atomic E-state index is 13.0. The third-order valence-electron chi connectivity index (χ3n) is 16.8. The Morgan fingerprint density at radius 3 is 2.18 bits per heavy atom. The number of carbonyl (C=O) groups is 1. The molecule has 0 spiro atoms. The fraction of sp³-hybridized carbons (Fsp3) is 0.534. The number of benzene rings is 2. The Labute approximate surface area is 561 Å². The lowest BCUT2D eigenvalue weighted by Crippen LogP contribution is -2.54. The van der Waals surface area contributed by atoms with Gasteiger partial charge in [-0.15, -0.1) is 5.10 Å². The average molecular weight is 1460 g/mol. The largest absolute Gasteiger partial charge is 0.483 e. The highest BCUT2D eigenvalue weighted by Crippen LogP contribution is 2.62. The van der Waals surface area contributed by atoms with Gasteiger partial charge in [-0.25, -0.2) is 18.8 Å². The van der Waals surface area contributed by atoms with Crippen molar-refractivity contribution in [2.75, 3.05) is 76.5 Å². The van der Waals surface area contributed by atoms with Crippen LogP contribution in [0.25, 0.3) is 11.2 Å². The lowest BCUT2D eigenvalue weighted by molar-refractivity contribution is -0.438. The van der Waals surface area contributed by atoms with E-state index in [2.05, 4.69) is 44.4 Å². The third-order valence-corrected chi connectivity index (χ3v) is 21.1. The molecule has 0 bridgehead atoms. The molecule has 9 rings (SSSR count). The van der Waals surface area contributed by atoms with Gasteiger partial charge in [0, 0.05) is 60.4 Å². The van der Waals surface area contributed by atoms with Gasteiger partial charge >= 0.3 is 15.6 Å². The number of nitrogens with two attached hydrogens (primary N) is 1. The number of nitrogens with zero attached hydrogens (tertiary/aromatic N) is 8. The summed E-state index contributed by atoms with van der Waals surface area (Å²) in [6.07, 6.45) is -2.61. The number of hydrogen-bond acceptors (Lipinski definition) is 27. The first-order valence-corrected chi connectivity index (χ1v) is 36.8. The lowest BCUT2D eigenvalue weighted by Gasteiger charge is -2.39. The zero-order valence-corrected chi connectivity index (χ0v) is 57.2. The number of unbranched alkanes of at least 4 members (excludes halogenated alkanes) is 2. The molecule has 40 heteroatoms. The summed E-state index contributed by atoms with van der Waals surface area (Å²) in [5.41, 5.74) is 8.12. The Morgan fingerprint density at radius 1 is 0.816 bits per heavy atom. The molecule has 3 aromatic heterocycles. The number of aliphatic hydroxyl groups excluding tert-OH is 5. The van der Waals surface area contributed by atoms with Gasteiger partial charge in [0.15, 0.2) is 29.4 Å². The molecule has 4 aliphatic rings. The van der Waals surface area contributed by atoms with E-state index in [1.807, 2.05) is 65.0 Å². The molecule has 0 radical (unpaired) electrons. The number of H-pyrrole nitrogens is 1. The number of aromatic amines is 1. The highest BCUT2D eigenvalue weighted by atomic mass is 32.2. The van der Waals surface area contributed by atoms with E-state index in [-0.39, 0.29) is 97.7 Å². The number of ether oxygens (including phenoxy) is 5. The van der Waals surface area contributed by atoms with Crippen LogP contribution in [-0.2, 0) is 88.6 Å². The van der Waals surface area contributed by atoms with Crippen LogP contribution < -0.4 is 21.5 Å². The van der Waals surface area contributed by atoms with E-state index in [9.17, 15) is 80.0 Å². The molecule has 538 valence electrons. The fourth-order valence-corrected chi connectivity index (χ4v) is 15.0. The van der Waals surface area contributed by atoms with Gasteiger partial charge in [0.05, 0.1) is 80.5 Å². The van der Waals surface area contributed by atoms with Crippen LogP contribution in [0.2, 0.25) is 0 Å². The monoisotopic (exact) mass is 1460 g/mol. The van der Waals surface area contributed by atoms with E-state index < -0.39 is 114 Å². The predicted molar refractivity (Wildman–Crippen MR) is 344 cm³/mol. The van der Waals surface area contributed by atoms with E-state index >= 15 is 0 Å². The number of hydrogen-bond donors (Lipinski definition) is 12. The number of fused-ring (bicyclic) bond motifs is 3. The van der Waals surface area contributed by atoms with Crippen LogP contribution in [0, 0.1) is 0 Å². The molecule has 1 amide bonds. The quantitative estimate of drug-likeness (QED) is 0.00930. The molecule has 2 fully saturated rings. The third kappa shape index (κ3) is 17.6. The number of phosphoric acid groups is 2. The Bertz CT molecular complexity index is 4240. The number of nitrogen functional groups attached to an aromatic ring is 1. The SMILES string of the molecule is CCN1/C(=C/C=C/C=C/C2=[N+](CCCCCC(=O)NCCOCCOCCOCCn3cc([C@@H]4O[C@H](OP(=O)(O)OP(=O)(O)OC[C@H]5O[C@@H](n6cnc7c(=O)[nH]c(N)nc76)[C@H](O)[C@@H]5O)[C@@H](O)[C@H](O)[C@@H]4O)nn3)c3ccc(S(=O)(=O)O)cc3C2(C)C)C(C)(C)c2cc(S(=O)(=O)O)ccc21. The highest BCUT2D eigenvalue weighted by molar-refractivity contribution is 7.86. The van der Waals surface area contributed by atoms with Crippen molar-refractivity contribution in [3.05, 3.63) is 112 Å². The van der Waals surface area contributed by atoms with Crippen LogP contribution in [0.15, 0.2) is 99.6 Å². The summed E-state index contributed by atoms with van der Waals surface area (Å²) in [6.45, 7) is 11.6. The minimum atomic E-state index is -5.78. The van der Waals surface area contributed by atoms with Crippen molar-refractivity contribution >= 4 is 76.0 Å². The maximum absolute atomic E-state index is 13.0. The van der Waals surface area contributed by atoms with Crippen molar-refractivity contribution < 1.29 is 117 Å². The number of imidazole rings is 1. The topological polar surface area (TPSA) is 514 Å². The van der Waals surface area contributed by atoms with Crippen LogP contribution in [0.1, 0.15) is 89.5 Å². The van der Waals surface area contributed by atoms with Gasteiger partial charge in [0.1, 0.15) is 55.0 Å². The zero-order valence-electron chi connectivity index (χ0n) is 53.7. The summed E-state index contributed by atoms with van der Waals surface area (Å²) in [5, 5.41) is 63.9. The second-order valence-electron chi connectivity index (χ2n) is 24.2. The van der Waals surface area contributed by atoms with Crippen LogP contribution in [-0.4, -0.2) is 221 Å². The number of likely N-dealkylation sites (N-methyl/N-ethyl adjacent to an activating group) is 1.